The highest BCUT2D eigenvalue weighted by atomic mass is 19.1. The monoisotopic (exact) mass is 670 g/mol. The molecule has 4 atom stereocenters. The second-order valence-corrected chi connectivity index (χ2v) is 13.4. The summed E-state index contributed by atoms with van der Waals surface area (Å²) in [7, 11) is -1.08. The van der Waals surface area contributed by atoms with Crippen molar-refractivity contribution < 1.29 is 28.8 Å². The Morgan fingerprint density at radius 3 is 2.34 bits per heavy atom. The molecule has 4 aromatic carbocycles. The molecule has 0 bridgehead atoms. The molecular weight excluding hydrogens is 630 g/mol. The summed E-state index contributed by atoms with van der Waals surface area (Å²) in [6, 6.07) is 31.3. The third-order valence-electron chi connectivity index (χ3n) is 10.2. The van der Waals surface area contributed by atoms with Crippen LogP contribution in [0.5, 0.6) is 5.75 Å². The average molecular weight is 671 g/mol. The summed E-state index contributed by atoms with van der Waals surface area (Å²) in [5.74, 6) is -2.90. The van der Waals surface area contributed by atoms with Gasteiger partial charge in [0.2, 0.25) is 11.8 Å². The fraction of sp³-hybridized carbons (Fsp3) is 0.268. The molecule has 2 aliphatic heterocycles. The lowest BCUT2D eigenvalue weighted by Gasteiger charge is -2.43. The summed E-state index contributed by atoms with van der Waals surface area (Å²) < 4.78 is 20.5. The molecule has 3 N–H and O–H groups in total. The Morgan fingerprint density at radius 1 is 0.940 bits per heavy atom. The van der Waals surface area contributed by atoms with E-state index in [1.807, 2.05) is 78.9 Å². The van der Waals surface area contributed by atoms with Crippen LogP contribution in [0.4, 0.5) is 21.5 Å². The van der Waals surface area contributed by atoms with E-state index in [-0.39, 0.29) is 24.1 Å². The van der Waals surface area contributed by atoms with E-state index in [0.717, 1.165) is 46.5 Å². The zero-order chi connectivity index (χ0) is 34.8. The second-order valence-electron chi connectivity index (χ2n) is 13.4. The van der Waals surface area contributed by atoms with Gasteiger partial charge in [-0.2, -0.15) is 0 Å². The van der Waals surface area contributed by atoms with Crippen molar-refractivity contribution in [1.29, 1.82) is 0 Å². The summed E-state index contributed by atoms with van der Waals surface area (Å²) in [5, 5.41) is 24.1. The maximum atomic E-state index is 14.3. The molecule has 2 amide bonds. The molecule has 0 saturated carbocycles. The predicted molar refractivity (Wildman–Crippen MR) is 195 cm³/mol. The van der Waals surface area contributed by atoms with Crippen molar-refractivity contribution in [3.05, 3.63) is 131 Å². The smallest absolute Gasteiger partial charge is 0.455 e. The van der Waals surface area contributed by atoms with E-state index in [4.69, 9.17) is 4.65 Å². The summed E-state index contributed by atoms with van der Waals surface area (Å²) in [4.78, 5) is 29.6. The van der Waals surface area contributed by atoms with Crippen LogP contribution in [0.3, 0.4) is 0 Å². The van der Waals surface area contributed by atoms with Gasteiger partial charge in [0.05, 0.1) is 23.6 Å². The molecule has 0 spiro atoms. The van der Waals surface area contributed by atoms with Crippen LogP contribution < -0.4 is 10.2 Å². The zero-order valence-electron chi connectivity index (χ0n) is 28.0. The molecule has 2 heterocycles. The van der Waals surface area contributed by atoms with E-state index in [9.17, 15) is 24.1 Å². The number of nitrogens with zero attached hydrogens (tertiary/aromatic N) is 1. The number of hydrogen-bond donors (Lipinski definition) is 3. The number of carbonyl (C=O) groups excluding carboxylic acids is 2. The van der Waals surface area contributed by atoms with E-state index >= 15 is 0 Å². The van der Waals surface area contributed by atoms with Gasteiger partial charge >= 0.3 is 7.12 Å². The summed E-state index contributed by atoms with van der Waals surface area (Å²) in [5.41, 5.74) is 7.06. The van der Waals surface area contributed by atoms with Gasteiger partial charge in [0.1, 0.15) is 0 Å². The number of aromatic hydroxyl groups is 1. The molecule has 0 unspecified atom stereocenters. The number of nitrogens with one attached hydrogen (secondary N) is 1. The highest BCUT2D eigenvalue weighted by Crippen LogP contribution is 2.52. The number of amides is 2. The predicted octanol–water partition coefficient (Wildman–Crippen LogP) is 8.40. The Labute approximate surface area is 292 Å². The summed E-state index contributed by atoms with van der Waals surface area (Å²) >= 11 is 0. The number of anilines is 3. The molecular formula is C41H40BFN2O5. The van der Waals surface area contributed by atoms with Gasteiger partial charge in [-0.1, -0.05) is 79.6 Å². The quantitative estimate of drug-likeness (QED) is 0.0679. The summed E-state index contributed by atoms with van der Waals surface area (Å²) in [6.07, 6.45) is 4.93. The highest BCUT2D eigenvalue weighted by Gasteiger charge is 2.57. The van der Waals surface area contributed by atoms with E-state index in [1.165, 1.54) is 17.0 Å². The van der Waals surface area contributed by atoms with Crippen molar-refractivity contribution in [2.75, 3.05) is 10.2 Å². The number of benzene rings is 4. The lowest BCUT2D eigenvalue weighted by atomic mass is 9.58. The fourth-order valence-corrected chi connectivity index (χ4v) is 7.99. The van der Waals surface area contributed by atoms with Crippen molar-refractivity contribution in [1.82, 2.24) is 0 Å². The maximum absolute atomic E-state index is 14.3. The Bertz CT molecular complexity index is 1930. The van der Waals surface area contributed by atoms with Gasteiger partial charge in [0.25, 0.3) is 0 Å². The second kappa shape index (κ2) is 14.5. The van der Waals surface area contributed by atoms with Gasteiger partial charge in [-0.05, 0) is 109 Å². The number of imide groups is 1. The van der Waals surface area contributed by atoms with Crippen LogP contribution >= 0.6 is 0 Å². The van der Waals surface area contributed by atoms with Crippen molar-refractivity contribution in [3.63, 3.8) is 0 Å². The maximum Gasteiger partial charge on any atom is 0.455 e. The van der Waals surface area contributed by atoms with Crippen LogP contribution in [-0.4, -0.2) is 35.2 Å². The molecule has 2 saturated heterocycles. The third-order valence-corrected chi connectivity index (χ3v) is 10.2. The summed E-state index contributed by atoms with van der Waals surface area (Å²) in [6.45, 7) is 2.11. The van der Waals surface area contributed by atoms with E-state index in [0.29, 0.717) is 30.5 Å². The molecule has 7 nitrogen and oxygen atoms in total. The molecule has 50 heavy (non-hydrogen) atoms. The van der Waals surface area contributed by atoms with Crippen LogP contribution in [0.1, 0.15) is 50.2 Å². The van der Waals surface area contributed by atoms with Crippen LogP contribution in [-0.2, 0) is 14.2 Å². The number of rotatable bonds is 10. The first kappa shape index (κ1) is 33.5. The van der Waals surface area contributed by atoms with Gasteiger partial charge in [-0.25, -0.2) is 4.39 Å². The number of fused-ring (bicyclic) bond motifs is 3. The third kappa shape index (κ3) is 6.76. The lowest BCUT2D eigenvalue weighted by molar-refractivity contribution is -0.122. The lowest BCUT2D eigenvalue weighted by Crippen LogP contribution is -2.46. The van der Waals surface area contributed by atoms with Gasteiger partial charge in [0.15, 0.2) is 11.6 Å². The first-order chi connectivity index (χ1) is 24.3. The molecule has 9 heteroatoms. The topological polar surface area (TPSA) is 99.1 Å². The van der Waals surface area contributed by atoms with Crippen LogP contribution in [0.25, 0.3) is 11.6 Å². The van der Waals surface area contributed by atoms with Crippen molar-refractivity contribution >= 4 is 47.6 Å². The standard InChI is InChI=1S/C41H40BFN2O5/c1-2-9-29-24-33-39(41(48)45(40(33)47)32-18-16-31(17-19-32)44-30-12-7-4-8-13-30)34-25-42(49)50-37(38(29)34)21-15-28(27-10-5-3-6-11-27)22-26-14-20-36(46)35(43)23-26/h3-8,10-14,16-20,22-23,33-34,37,39,44,46,49H,2,9,15,21,24-25H2,1H3/b28-22-/t33-,34+,37-,39-/m1/s1. The van der Waals surface area contributed by atoms with E-state index in [2.05, 4.69) is 12.2 Å². The number of halogens is 1. The number of para-hydroxylation sites is 1. The van der Waals surface area contributed by atoms with Crippen LogP contribution in [0.15, 0.2) is 114 Å². The zero-order valence-corrected chi connectivity index (χ0v) is 28.0. The Balaban J connectivity index is 1.16. The fourth-order valence-electron chi connectivity index (χ4n) is 7.99. The SMILES string of the molecule is CCCC1=C2[C@@H](CC/C(=C/c3ccc(O)c(F)c3)c3ccccc3)OB(O)C[C@@H]2[C@@H]2C(=O)N(c3ccc(Nc4ccccc4)cc3)C(=O)[C@@H]2C1. The molecule has 0 radical (unpaired) electrons. The normalized spacial score (nSPS) is 22.1. The first-order valence-electron chi connectivity index (χ1n) is 17.4. The number of phenolic OH excluding ortho intramolecular Hbond substituents is 1. The van der Waals surface area contributed by atoms with E-state index < -0.39 is 36.6 Å². The van der Waals surface area contributed by atoms with Crippen molar-refractivity contribution in [2.24, 2.45) is 17.8 Å². The van der Waals surface area contributed by atoms with Gasteiger partial charge in [-0.3, -0.25) is 14.5 Å². The minimum atomic E-state index is -1.08. The number of hydrogen-bond acceptors (Lipinski definition) is 6. The molecule has 0 aromatic heterocycles. The van der Waals surface area contributed by atoms with Gasteiger partial charge in [-0.15, -0.1) is 0 Å². The van der Waals surface area contributed by atoms with Crippen molar-refractivity contribution in [3.8, 4) is 5.75 Å². The average Bonchev–Trinajstić information content (AvgIpc) is 3.37. The van der Waals surface area contributed by atoms with E-state index in [1.54, 1.807) is 18.2 Å². The number of carbonyl (C=O) groups is 2. The highest BCUT2D eigenvalue weighted by molar-refractivity contribution is 6.43. The minimum absolute atomic E-state index is 0.190. The number of allylic oxidation sites excluding steroid dienone is 2. The van der Waals surface area contributed by atoms with Crippen molar-refractivity contribution in [2.45, 2.75) is 51.5 Å². The first-order valence-corrected chi connectivity index (χ1v) is 17.4. The van der Waals surface area contributed by atoms with Gasteiger partial charge < -0.3 is 20.1 Å². The molecule has 2 fully saturated rings. The van der Waals surface area contributed by atoms with Gasteiger partial charge in [0, 0.05) is 11.4 Å². The minimum Gasteiger partial charge on any atom is -0.505 e. The Morgan fingerprint density at radius 2 is 1.64 bits per heavy atom. The number of phenols is 1. The molecule has 4 aromatic rings. The molecule has 3 aliphatic rings. The Kier molecular flexibility index (Phi) is 9.70. The van der Waals surface area contributed by atoms with Crippen LogP contribution in [0, 0.1) is 23.6 Å². The molecule has 254 valence electrons. The molecule has 1 aliphatic carbocycles. The largest absolute Gasteiger partial charge is 0.505 e. The van der Waals surface area contributed by atoms with Crippen LogP contribution in [0.2, 0.25) is 6.32 Å². The molecule has 7 rings (SSSR count). The Hall–Kier alpha value is -4.99.